The molecule has 2 amide bonds. The monoisotopic (exact) mass is 378 g/mol. The third-order valence-corrected chi connectivity index (χ3v) is 5.37. The summed E-state index contributed by atoms with van der Waals surface area (Å²) in [6.07, 6.45) is 2.46. The van der Waals surface area contributed by atoms with E-state index in [0.717, 1.165) is 28.2 Å². The normalized spacial score (nSPS) is 14.5. The molecule has 1 aliphatic heterocycles. The summed E-state index contributed by atoms with van der Waals surface area (Å²) < 4.78 is 0. The summed E-state index contributed by atoms with van der Waals surface area (Å²) in [5.41, 5.74) is 2.45. The van der Waals surface area contributed by atoms with Gasteiger partial charge in [-0.05, 0) is 18.6 Å². The first-order valence-electron chi connectivity index (χ1n) is 8.76. The van der Waals surface area contributed by atoms with Crippen LogP contribution in [0.5, 0.6) is 0 Å². The van der Waals surface area contributed by atoms with E-state index < -0.39 is 0 Å². The molecule has 3 heterocycles. The van der Waals surface area contributed by atoms with Gasteiger partial charge in [0.05, 0.1) is 22.8 Å². The van der Waals surface area contributed by atoms with Gasteiger partial charge in [0.1, 0.15) is 0 Å². The van der Waals surface area contributed by atoms with Crippen LogP contribution in [-0.2, 0) is 4.79 Å². The Kier molecular flexibility index (Phi) is 4.93. The maximum Gasteiger partial charge on any atom is 0.283 e. The second-order valence-electron chi connectivity index (χ2n) is 6.21. The number of thiazole rings is 1. The molecular weight excluding hydrogens is 360 g/mol. The molecule has 136 valence electrons. The van der Waals surface area contributed by atoms with Crippen LogP contribution in [0.1, 0.15) is 16.2 Å². The number of amides is 2. The van der Waals surface area contributed by atoms with Crippen molar-refractivity contribution in [3.8, 4) is 21.8 Å². The van der Waals surface area contributed by atoms with Crippen molar-refractivity contribution in [2.75, 3.05) is 19.6 Å². The average Bonchev–Trinajstić information content (AvgIpc) is 3.05. The molecule has 1 N–H and O–H groups in total. The lowest BCUT2D eigenvalue weighted by molar-refractivity contribution is -0.121. The highest BCUT2D eigenvalue weighted by atomic mass is 32.1. The van der Waals surface area contributed by atoms with Crippen LogP contribution in [-0.4, -0.2) is 46.3 Å². The van der Waals surface area contributed by atoms with Crippen LogP contribution in [0.4, 0.5) is 0 Å². The van der Waals surface area contributed by atoms with Gasteiger partial charge in [-0.15, -0.1) is 11.3 Å². The minimum Gasteiger partial charge on any atom is -0.354 e. The maximum atomic E-state index is 13.0. The number of hydrogen-bond acceptors (Lipinski definition) is 5. The molecule has 0 unspecified atom stereocenters. The van der Waals surface area contributed by atoms with E-state index in [9.17, 15) is 9.59 Å². The van der Waals surface area contributed by atoms with Gasteiger partial charge in [0.2, 0.25) is 5.91 Å². The number of nitrogens with one attached hydrogen (secondary N) is 1. The average molecular weight is 378 g/mol. The summed E-state index contributed by atoms with van der Waals surface area (Å²) in [5.74, 6) is -0.345. The second kappa shape index (κ2) is 7.67. The van der Waals surface area contributed by atoms with Crippen molar-refractivity contribution in [3.63, 3.8) is 0 Å². The quantitative estimate of drug-likeness (QED) is 0.760. The van der Waals surface area contributed by atoms with Crippen LogP contribution in [0.15, 0.2) is 54.7 Å². The van der Waals surface area contributed by atoms with Crippen LogP contribution in [0.3, 0.4) is 0 Å². The lowest BCUT2D eigenvalue weighted by Gasteiger charge is -2.17. The van der Waals surface area contributed by atoms with E-state index in [2.05, 4.69) is 15.3 Å². The second-order valence-corrected chi connectivity index (χ2v) is 7.21. The summed E-state index contributed by atoms with van der Waals surface area (Å²) in [6.45, 7) is 1.20. The fourth-order valence-corrected chi connectivity index (χ4v) is 4.02. The van der Waals surface area contributed by atoms with Crippen LogP contribution < -0.4 is 5.32 Å². The Morgan fingerprint density at radius 2 is 1.93 bits per heavy atom. The van der Waals surface area contributed by atoms with Gasteiger partial charge in [0, 0.05) is 24.8 Å². The zero-order valence-corrected chi connectivity index (χ0v) is 15.4. The van der Waals surface area contributed by atoms with E-state index in [-0.39, 0.29) is 18.4 Å². The van der Waals surface area contributed by atoms with E-state index in [0.29, 0.717) is 18.1 Å². The number of pyridine rings is 1. The first-order valence-corrected chi connectivity index (χ1v) is 9.57. The Bertz CT molecular complexity index is 900. The smallest absolute Gasteiger partial charge is 0.283 e. The summed E-state index contributed by atoms with van der Waals surface area (Å²) in [7, 11) is 0. The van der Waals surface area contributed by atoms with Crippen molar-refractivity contribution in [3.05, 3.63) is 59.7 Å². The molecule has 0 saturated carbocycles. The molecule has 0 spiro atoms. The molecule has 2 aromatic heterocycles. The van der Waals surface area contributed by atoms with Gasteiger partial charge in [0.15, 0.2) is 5.01 Å². The summed E-state index contributed by atoms with van der Waals surface area (Å²) in [6, 6.07) is 15.4. The SMILES string of the molecule is O=C1CN(C(=O)c2nc(-c3ccccc3)c(-c3ccccn3)s2)CCCN1. The minimum absolute atomic E-state index is 0.0675. The molecule has 1 fully saturated rings. The van der Waals surface area contributed by atoms with Gasteiger partial charge in [0.25, 0.3) is 5.91 Å². The fraction of sp³-hybridized carbons (Fsp3) is 0.200. The molecule has 1 aromatic carbocycles. The molecule has 0 atom stereocenters. The predicted molar refractivity (Wildman–Crippen MR) is 104 cm³/mol. The molecule has 7 heteroatoms. The minimum atomic E-state index is -0.212. The Morgan fingerprint density at radius 3 is 2.70 bits per heavy atom. The van der Waals surface area contributed by atoms with Gasteiger partial charge in [-0.1, -0.05) is 36.4 Å². The third kappa shape index (κ3) is 3.73. The molecule has 0 bridgehead atoms. The van der Waals surface area contributed by atoms with Crippen molar-refractivity contribution in [2.45, 2.75) is 6.42 Å². The Hall–Kier alpha value is -3.06. The molecular formula is C20H18N4O2S. The fourth-order valence-electron chi connectivity index (χ4n) is 2.99. The van der Waals surface area contributed by atoms with E-state index in [4.69, 9.17) is 0 Å². The number of rotatable bonds is 3. The molecule has 0 radical (unpaired) electrons. The summed E-state index contributed by atoms with van der Waals surface area (Å²) in [4.78, 5) is 36.3. The Morgan fingerprint density at radius 1 is 1.11 bits per heavy atom. The lowest BCUT2D eigenvalue weighted by atomic mass is 10.1. The van der Waals surface area contributed by atoms with Crippen molar-refractivity contribution >= 4 is 23.2 Å². The zero-order chi connectivity index (χ0) is 18.6. The summed E-state index contributed by atoms with van der Waals surface area (Å²) >= 11 is 1.32. The number of benzene rings is 1. The van der Waals surface area contributed by atoms with E-state index in [1.807, 2.05) is 48.5 Å². The molecule has 6 nitrogen and oxygen atoms in total. The van der Waals surface area contributed by atoms with Crippen molar-refractivity contribution in [1.82, 2.24) is 20.2 Å². The Labute approximate surface area is 160 Å². The largest absolute Gasteiger partial charge is 0.354 e. The molecule has 27 heavy (non-hydrogen) atoms. The van der Waals surface area contributed by atoms with E-state index in [1.54, 1.807) is 11.1 Å². The maximum absolute atomic E-state index is 13.0. The Balaban J connectivity index is 1.75. The number of carbonyl (C=O) groups is 2. The van der Waals surface area contributed by atoms with Crippen LogP contribution in [0.2, 0.25) is 0 Å². The molecule has 4 rings (SSSR count). The van der Waals surface area contributed by atoms with Crippen LogP contribution in [0.25, 0.3) is 21.8 Å². The van der Waals surface area contributed by atoms with E-state index >= 15 is 0 Å². The van der Waals surface area contributed by atoms with Gasteiger partial charge in [-0.2, -0.15) is 0 Å². The van der Waals surface area contributed by atoms with Crippen molar-refractivity contribution < 1.29 is 9.59 Å². The highest BCUT2D eigenvalue weighted by molar-refractivity contribution is 7.17. The number of aromatic nitrogens is 2. The van der Waals surface area contributed by atoms with Crippen molar-refractivity contribution in [1.29, 1.82) is 0 Å². The first-order chi connectivity index (χ1) is 13.2. The summed E-state index contributed by atoms with van der Waals surface area (Å²) in [5, 5.41) is 3.17. The van der Waals surface area contributed by atoms with Crippen LogP contribution >= 0.6 is 11.3 Å². The number of hydrogen-bond donors (Lipinski definition) is 1. The highest BCUT2D eigenvalue weighted by Crippen LogP contribution is 2.36. The van der Waals surface area contributed by atoms with E-state index in [1.165, 1.54) is 11.3 Å². The molecule has 1 aliphatic rings. The number of nitrogens with zero attached hydrogens (tertiary/aromatic N) is 3. The standard InChI is InChI=1S/C20H18N4O2S/c25-16-13-24(12-6-11-22-16)20(26)19-23-17(14-7-2-1-3-8-14)18(27-19)15-9-4-5-10-21-15/h1-5,7-10H,6,11-13H2,(H,22,25). The lowest BCUT2D eigenvalue weighted by Crippen LogP contribution is -2.37. The topological polar surface area (TPSA) is 75.2 Å². The highest BCUT2D eigenvalue weighted by Gasteiger charge is 2.26. The molecule has 1 saturated heterocycles. The number of carbonyl (C=O) groups excluding carboxylic acids is 2. The predicted octanol–water partition coefficient (Wildman–Crippen LogP) is 2.83. The molecule has 3 aromatic rings. The van der Waals surface area contributed by atoms with Gasteiger partial charge >= 0.3 is 0 Å². The van der Waals surface area contributed by atoms with Gasteiger partial charge in [-0.3, -0.25) is 14.6 Å². The third-order valence-electron chi connectivity index (χ3n) is 4.30. The molecule has 0 aliphatic carbocycles. The van der Waals surface area contributed by atoms with Crippen molar-refractivity contribution in [2.24, 2.45) is 0 Å². The first kappa shape index (κ1) is 17.4. The van der Waals surface area contributed by atoms with Crippen LogP contribution in [0, 0.1) is 0 Å². The van der Waals surface area contributed by atoms with Gasteiger partial charge in [-0.25, -0.2) is 4.98 Å². The zero-order valence-electron chi connectivity index (χ0n) is 14.6. The van der Waals surface area contributed by atoms with Gasteiger partial charge < -0.3 is 10.2 Å².